The minimum atomic E-state index is -0.0623. The lowest BCUT2D eigenvalue weighted by molar-refractivity contribution is 0.0954. The fourth-order valence-electron chi connectivity index (χ4n) is 2.25. The number of halogens is 1. The predicted octanol–water partition coefficient (Wildman–Crippen LogP) is 2.71. The van der Waals surface area contributed by atoms with Crippen molar-refractivity contribution in [2.24, 2.45) is 4.99 Å². The van der Waals surface area contributed by atoms with Crippen LogP contribution in [0, 0.1) is 6.92 Å². The number of nitrogens with zero attached hydrogens (tertiary/aromatic N) is 1. The Morgan fingerprint density at radius 2 is 1.68 bits per heavy atom. The maximum Gasteiger partial charge on any atom is 0.251 e. The van der Waals surface area contributed by atoms with Crippen molar-refractivity contribution in [3.63, 3.8) is 0 Å². The van der Waals surface area contributed by atoms with E-state index in [1.54, 1.807) is 7.05 Å². The van der Waals surface area contributed by atoms with Crippen molar-refractivity contribution in [3.8, 4) is 0 Å². The molecular weight excluding hydrogens is 427 g/mol. The molecule has 0 unspecified atom stereocenters. The van der Waals surface area contributed by atoms with E-state index >= 15 is 0 Å². The van der Waals surface area contributed by atoms with Crippen LogP contribution in [0.25, 0.3) is 0 Å². The quantitative estimate of drug-likeness (QED) is 0.273. The molecule has 0 aliphatic carbocycles. The predicted molar refractivity (Wildman–Crippen MR) is 114 cm³/mol. The molecule has 0 aromatic heterocycles. The Morgan fingerprint density at radius 3 is 2.36 bits per heavy atom. The molecule has 2 aromatic carbocycles. The first-order chi connectivity index (χ1) is 11.7. The molecule has 6 heteroatoms. The summed E-state index contributed by atoms with van der Waals surface area (Å²) >= 11 is 0. The fraction of sp³-hybridized carbons (Fsp3) is 0.263. The molecule has 0 heterocycles. The van der Waals surface area contributed by atoms with Gasteiger partial charge in [-0.2, -0.15) is 0 Å². The highest BCUT2D eigenvalue weighted by molar-refractivity contribution is 14.0. The summed E-state index contributed by atoms with van der Waals surface area (Å²) in [4.78, 5) is 16.2. The van der Waals surface area contributed by atoms with Crippen LogP contribution in [-0.2, 0) is 6.54 Å². The number of hydrogen-bond donors (Lipinski definition) is 3. The number of aliphatic imine (C=N–C) groups is 1. The summed E-state index contributed by atoms with van der Waals surface area (Å²) in [5.74, 6) is 0.649. The molecule has 0 aliphatic rings. The first-order valence-electron chi connectivity index (χ1n) is 8.02. The fourth-order valence-corrected chi connectivity index (χ4v) is 2.25. The van der Waals surface area contributed by atoms with Gasteiger partial charge in [-0.15, -0.1) is 24.0 Å². The van der Waals surface area contributed by atoms with E-state index in [9.17, 15) is 4.79 Å². The van der Waals surface area contributed by atoms with Gasteiger partial charge in [0.25, 0.3) is 5.91 Å². The van der Waals surface area contributed by atoms with Crippen molar-refractivity contribution < 1.29 is 4.79 Å². The van der Waals surface area contributed by atoms with E-state index in [1.165, 1.54) is 5.56 Å². The minimum absolute atomic E-state index is 0. The average molecular weight is 452 g/mol. The highest BCUT2D eigenvalue weighted by Crippen LogP contribution is 2.03. The molecule has 0 spiro atoms. The molecule has 5 nitrogen and oxygen atoms in total. The Labute approximate surface area is 166 Å². The van der Waals surface area contributed by atoms with Crippen LogP contribution < -0.4 is 16.0 Å². The van der Waals surface area contributed by atoms with E-state index in [0.717, 1.165) is 5.56 Å². The molecule has 25 heavy (non-hydrogen) atoms. The number of benzene rings is 2. The molecule has 0 radical (unpaired) electrons. The summed E-state index contributed by atoms with van der Waals surface area (Å²) < 4.78 is 0. The Kier molecular flexibility index (Phi) is 9.61. The van der Waals surface area contributed by atoms with Crippen molar-refractivity contribution in [2.75, 3.05) is 20.1 Å². The third-order valence-electron chi connectivity index (χ3n) is 3.51. The molecule has 0 saturated heterocycles. The Hall–Kier alpha value is -2.09. The molecule has 0 saturated carbocycles. The molecule has 2 aromatic rings. The summed E-state index contributed by atoms with van der Waals surface area (Å²) in [7, 11) is 1.73. The molecule has 0 aliphatic heterocycles. The van der Waals surface area contributed by atoms with Crippen molar-refractivity contribution in [1.82, 2.24) is 16.0 Å². The topological polar surface area (TPSA) is 65.5 Å². The third kappa shape index (κ3) is 7.55. The van der Waals surface area contributed by atoms with E-state index in [2.05, 4.69) is 33.1 Å². The second-order valence-corrected chi connectivity index (χ2v) is 5.46. The summed E-state index contributed by atoms with van der Waals surface area (Å²) in [6, 6.07) is 17.7. The number of rotatable bonds is 6. The highest BCUT2D eigenvalue weighted by Gasteiger charge is 2.04. The number of carbonyl (C=O) groups excluding carboxylic acids is 1. The molecular formula is C19H25IN4O. The normalized spacial score (nSPS) is 10.6. The zero-order chi connectivity index (χ0) is 17.2. The van der Waals surface area contributed by atoms with Gasteiger partial charge in [0.2, 0.25) is 0 Å². The molecule has 0 fully saturated rings. The lowest BCUT2D eigenvalue weighted by Crippen LogP contribution is -2.41. The lowest BCUT2D eigenvalue weighted by atomic mass is 10.1. The maximum atomic E-state index is 12.0. The number of guanidine groups is 1. The summed E-state index contributed by atoms with van der Waals surface area (Å²) in [5.41, 5.74) is 2.95. The van der Waals surface area contributed by atoms with Gasteiger partial charge in [-0.05, 0) is 24.6 Å². The van der Waals surface area contributed by atoms with Gasteiger partial charge in [0.05, 0.1) is 0 Å². The number of carbonyl (C=O) groups is 1. The van der Waals surface area contributed by atoms with Crippen molar-refractivity contribution >= 4 is 35.8 Å². The summed E-state index contributed by atoms with van der Waals surface area (Å²) in [6.07, 6.45) is 0. The number of aryl methyl sites for hydroxylation is 1. The van der Waals surface area contributed by atoms with Crippen molar-refractivity contribution in [1.29, 1.82) is 0 Å². The van der Waals surface area contributed by atoms with Crippen molar-refractivity contribution in [2.45, 2.75) is 13.5 Å². The van der Waals surface area contributed by atoms with E-state index in [-0.39, 0.29) is 29.9 Å². The molecule has 0 bridgehead atoms. The molecule has 0 atom stereocenters. The van der Waals surface area contributed by atoms with Gasteiger partial charge < -0.3 is 16.0 Å². The Balaban J connectivity index is 0.00000312. The van der Waals surface area contributed by atoms with Crippen LogP contribution in [-0.4, -0.2) is 32.0 Å². The van der Waals surface area contributed by atoms with Crippen LogP contribution in [0.15, 0.2) is 59.6 Å². The zero-order valence-corrected chi connectivity index (χ0v) is 16.9. The number of hydrogen-bond acceptors (Lipinski definition) is 2. The largest absolute Gasteiger partial charge is 0.355 e. The van der Waals surface area contributed by atoms with Crippen LogP contribution in [0.5, 0.6) is 0 Å². The van der Waals surface area contributed by atoms with Gasteiger partial charge in [0, 0.05) is 32.2 Å². The van der Waals surface area contributed by atoms with Gasteiger partial charge >= 0.3 is 0 Å². The first-order valence-corrected chi connectivity index (χ1v) is 8.02. The Bertz CT molecular complexity index is 689. The Morgan fingerprint density at radius 1 is 0.960 bits per heavy atom. The molecule has 2 rings (SSSR count). The van der Waals surface area contributed by atoms with Gasteiger partial charge in [0.15, 0.2) is 5.96 Å². The average Bonchev–Trinajstić information content (AvgIpc) is 2.61. The lowest BCUT2D eigenvalue weighted by Gasteiger charge is -2.12. The second-order valence-electron chi connectivity index (χ2n) is 5.46. The van der Waals surface area contributed by atoms with Gasteiger partial charge in [0.1, 0.15) is 0 Å². The van der Waals surface area contributed by atoms with Crippen LogP contribution in [0.1, 0.15) is 21.5 Å². The van der Waals surface area contributed by atoms with Crippen LogP contribution in [0.2, 0.25) is 0 Å². The van der Waals surface area contributed by atoms with E-state index < -0.39 is 0 Å². The number of nitrogens with one attached hydrogen (secondary N) is 3. The SMILES string of the molecule is CN=C(NCCNC(=O)c1cccc(C)c1)NCc1ccccc1.I. The van der Waals surface area contributed by atoms with Gasteiger partial charge in [-0.3, -0.25) is 9.79 Å². The monoisotopic (exact) mass is 452 g/mol. The molecule has 1 amide bonds. The minimum Gasteiger partial charge on any atom is -0.355 e. The third-order valence-corrected chi connectivity index (χ3v) is 3.51. The van der Waals surface area contributed by atoms with E-state index in [4.69, 9.17) is 0 Å². The molecule has 3 N–H and O–H groups in total. The van der Waals surface area contributed by atoms with Crippen LogP contribution >= 0.6 is 24.0 Å². The van der Waals surface area contributed by atoms with Crippen LogP contribution in [0.3, 0.4) is 0 Å². The zero-order valence-electron chi connectivity index (χ0n) is 14.6. The summed E-state index contributed by atoms with van der Waals surface area (Å²) in [5, 5.41) is 9.32. The smallest absolute Gasteiger partial charge is 0.251 e. The van der Waals surface area contributed by atoms with E-state index in [0.29, 0.717) is 31.2 Å². The maximum absolute atomic E-state index is 12.0. The summed E-state index contributed by atoms with van der Waals surface area (Å²) in [6.45, 7) is 3.81. The van der Waals surface area contributed by atoms with Gasteiger partial charge in [-0.25, -0.2) is 0 Å². The van der Waals surface area contributed by atoms with Crippen LogP contribution in [0.4, 0.5) is 0 Å². The molecule has 134 valence electrons. The first kappa shape index (κ1) is 21.0. The van der Waals surface area contributed by atoms with Crippen molar-refractivity contribution in [3.05, 3.63) is 71.3 Å². The van der Waals surface area contributed by atoms with E-state index in [1.807, 2.05) is 49.4 Å². The standard InChI is InChI=1S/C19H24N4O.HI/c1-15-7-6-10-17(13-15)18(24)21-11-12-22-19(20-2)23-14-16-8-4-3-5-9-16;/h3-10,13H,11-12,14H2,1-2H3,(H,21,24)(H2,20,22,23);1H. The highest BCUT2D eigenvalue weighted by atomic mass is 127. The second kappa shape index (κ2) is 11.5. The van der Waals surface area contributed by atoms with Gasteiger partial charge in [-0.1, -0.05) is 48.0 Å². The number of amides is 1.